The third-order valence-corrected chi connectivity index (χ3v) is 4.94. The Balaban J connectivity index is 1.85. The quantitative estimate of drug-likeness (QED) is 0.751. The number of amides is 1. The first-order chi connectivity index (χ1) is 11.6. The summed E-state index contributed by atoms with van der Waals surface area (Å²) in [5.41, 5.74) is 3.56. The number of benzene rings is 2. The molecule has 0 atom stereocenters. The van der Waals surface area contributed by atoms with Crippen molar-refractivity contribution in [1.29, 1.82) is 0 Å². The van der Waals surface area contributed by atoms with Gasteiger partial charge in [0.05, 0.1) is 12.8 Å². The van der Waals surface area contributed by atoms with Crippen molar-refractivity contribution < 1.29 is 9.53 Å². The molecule has 1 amide bonds. The Hall–Kier alpha value is -2.66. The Morgan fingerprint density at radius 2 is 1.79 bits per heavy atom. The molecule has 5 heteroatoms. The molecule has 0 aliphatic heterocycles. The fourth-order valence-corrected chi connectivity index (χ4v) is 3.32. The molecule has 122 valence electrons. The van der Waals surface area contributed by atoms with Crippen molar-refractivity contribution in [3.63, 3.8) is 0 Å². The van der Waals surface area contributed by atoms with Crippen LogP contribution in [0.25, 0.3) is 10.6 Å². The van der Waals surface area contributed by atoms with Gasteiger partial charge < -0.3 is 10.1 Å². The van der Waals surface area contributed by atoms with E-state index in [2.05, 4.69) is 10.3 Å². The molecule has 1 aromatic heterocycles. The van der Waals surface area contributed by atoms with Crippen LogP contribution in [0, 0.1) is 13.8 Å². The standard InChI is InChI=1S/C19H18N2O2S/c1-12-6-4-5-7-16(12)21-18(22)17-13(2)20-19(24-17)14-8-10-15(23-3)11-9-14/h4-11H,1-3H3,(H,21,22). The van der Waals surface area contributed by atoms with E-state index in [1.165, 1.54) is 11.3 Å². The van der Waals surface area contributed by atoms with Crippen molar-refractivity contribution in [3.8, 4) is 16.3 Å². The summed E-state index contributed by atoms with van der Waals surface area (Å²) >= 11 is 1.40. The van der Waals surface area contributed by atoms with E-state index in [-0.39, 0.29) is 5.91 Å². The lowest BCUT2D eigenvalue weighted by atomic mass is 10.2. The monoisotopic (exact) mass is 338 g/mol. The number of thiazole rings is 1. The van der Waals surface area contributed by atoms with E-state index in [1.54, 1.807) is 7.11 Å². The number of aryl methyl sites for hydroxylation is 2. The summed E-state index contributed by atoms with van der Waals surface area (Å²) in [5.74, 6) is 0.670. The van der Waals surface area contributed by atoms with Crippen LogP contribution in [0.4, 0.5) is 5.69 Å². The highest BCUT2D eigenvalue weighted by molar-refractivity contribution is 7.17. The zero-order chi connectivity index (χ0) is 17.1. The van der Waals surface area contributed by atoms with Crippen LogP contribution in [0.1, 0.15) is 20.9 Å². The lowest BCUT2D eigenvalue weighted by molar-refractivity contribution is 0.102. The van der Waals surface area contributed by atoms with Gasteiger partial charge in [0.2, 0.25) is 0 Å². The van der Waals surface area contributed by atoms with Crippen molar-refractivity contribution in [3.05, 3.63) is 64.7 Å². The molecule has 2 aromatic carbocycles. The van der Waals surface area contributed by atoms with Crippen LogP contribution in [-0.4, -0.2) is 18.0 Å². The fraction of sp³-hybridized carbons (Fsp3) is 0.158. The molecule has 1 N–H and O–H groups in total. The van der Waals surface area contributed by atoms with Gasteiger partial charge in [-0.25, -0.2) is 4.98 Å². The van der Waals surface area contributed by atoms with Crippen molar-refractivity contribution in [1.82, 2.24) is 4.98 Å². The van der Waals surface area contributed by atoms with Crippen molar-refractivity contribution in [2.45, 2.75) is 13.8 Å². The van der Waals surface area contributed by atoms with Crippen LogP contribution in [0.5, 0.6) is 5.75 Å². The number of carbonyl (C=O) groups excluding carboxylic acids is 1. The molecule has 0 aliphatic rings. The van der Waals surface area contributed by atoms with Gasteiger partial charge in [0.25, 0.3) is 5.91 Å². The van der Waals surface area contributed by atoms with Gasteiger partial charge in [-0.1, -0.05) is 18.2 Å². The van der Waals surface area contributed by atoms with Crippen LogP contribution in [0.2, 0.25) is 0 Å². The zero-order valence-corrected chi connectivity index (χ0v) is 14.6. The number of para-hydroxylation sites is 1. The molecule has 0 saturated heterocycles. The third-order valence-electron chi connectivity index (χ3n) is 3.73. The van der Waals surface area contributed by atoms with E-state index >= 15 is 0 Å². The van der Waals surface area contributed by atoms with Gasteiger partial charge in [-0.05, 0) is 49.7 Å². The fourth-order valence-electron chi connectivity index (χ4n) is 2.36. The number of nitrogens with one attached hydrogen (secondary N) is 1. The van der Waals surface area contributed by atoms with E-state index in [9.17, 15) is 4.79 Å². The Kier molecular flexibility index (Phi) is 4.62. The van der Waals surface area contributed by atoms with Crippen molar-refractivity contribution in [2.24, 2.45) is 0 Å². The average molecular weight is 338 g/mol. The molecule has 3 aromatic rings. The number of aromatic nitrogens is 1. The number of ether oxygens (including phenoxy) is 1. The minimum absolute atomic E-state index is 0.126. The van der Waals surface area contributed by atoms with E-state index in [4.69, 9.17) is 4.74 Å². The van der Waals surface area contributed by atoms with Crippen LogP contribution in [-0.2, 0) is 0 Å². The normalized spacial score (nSPS) is 10.5. The summed E-state index contributed by atoms with van der Waals surface area (Å²) in [6.45, 7) is 3.83. The van der Waals surface area contributed by atoms with Gasteiger partial charge >= 0.3 is 0 Å². The molecule has 0 bridgehead atoms. The number of hydrogen-bond donors (Lipinski definition) is 1. The van der Waals surface area contributed by atoms with Crippen LogP contribution >= 0.6 is 11.3 Å². The van der Waals surface area contributed by atoms with E-state index in [0.717, 1.165) is 33.3 Å². The number of carbonyl (C=O) groups is 1. The highest BCUT2D eigenvalue weighted by atomic mass is 32.1. The first kappa shape index (κ1) is 16.2. The maximum Gasteiger partial charge on any atom is 0.267 e. The van der Waals surface area contributed by atoms with Gasteiger partial charge in [0, 0.05) is 11.3 Å². The summed E-state index contributed by atoms with van der Waals surface area (Å²) < 4.78 is 5.17. The molecule has 0 saturated carbocycles. The SMILES string of the molecule is COc1ccc(-c2nc(C)c(C(=O)Nc3ccccc3C)s2)cc1. The predicted octanol–water partition coefficient (Wildman–Crippen LogP) is 4.69. The first-order valence-electron chi connectivity index (χ1n) is 7.57. The Morgan fingerprint density at radius 3 is 2.46 bits per heavy atom. The molecule has 0 unspecified atom stereocenters. The number of methoxy groups -OCH3 is 1. The molecular weight excluding hydrogens is 320 g/mol. The smallest absolute Gasteiger partial charge is 0.267 e. The first-order valence-corrected chi connectivity index (χ1v) is 8.39. The van der Waals surface area contributed by atoms with Crippen molar-refractivity contribution >= 4 is 22.9 Å². The molecule has 1 heterocycles. The van der Waals surface area contributed by atoms with E-state index in [1.807, 2.05) is 62.4 Å². The maximum atomic E-state index is 12.6. The van der Waals surface area contributed by atoms with E-state index < -0.39 is 0 Å². The van der Waals surface area contributed by atoms with Gasteiger partial charge in [0.15, 0.2) is 0 Å². The minimum Gasteiger partial charge on any atom is -0.497 e. The molecule has 0 fully saturated rings. The summed E-state index contributed by atoms with van der Waals surface area (Å²) in [5, 5.41) is 3.79. The van der Waals surface area contributed by atoms with Crippen molar-refractivity contribution in [2.75, 3.05) is 12.4 Å². The molecule has 0 radical (unpaired) electrons. The summed E-state index contributed by atoms with van der Waals surface area (Å²) in [4.78, 5) is 17.7. The van der Waals surface area contributed by atoms with Crippen LogP contribution in [0.15, 0.2) is 48.5 Å². The Morgan fingerprint density at radius 1 is 1.08 bits per heavy atom. The summed E-state index contributed by atoms with van der Waals surface area (Å²) in [7, 11) is 1.64. The third kappa shape index (κ3) is 3.31. The molecule has 4 nitrogen and oxygen atoms in total. The highest BCUT2D eigenvalue weighted by Crippen LogP contribution is 2.30. The molecule has 0 spiro atoms. The molecule has 24 heavy (non-hydrogen) atoms. The van der Waals surface area contributed by atoms with Gasteiger partial charge in [-0.15, -0.1) is 11.3 Å². The molecule has 3 rings (SSSR count). The Bertz CT molecular complexity index is 869. The lowest BCUT2D eigenvalue weighted by Crippen LogP contribution is -2.12. The predicted molar refractivity (Wildman–Crippen MR) is 98.0 cm³/mol. The lowest BCUT2D eigenvalue weighted by Gasteiger charge is -2.06. The highest BCUT2D eigenvalue weighted by Gasteiger charge is 2.17. The number of rotatable bonds is 4. The zero-order valence-electron chi connectivity index (χ0n) is 13.8. The average Bonchev–Trinajstić information content (AvgIpc) is 2.99. The second-order valence-corrected chi connectivity index (χ2v) is 6.43. The number of hydrogen-bond acceptors (Lipinski definition) is 4. The van der Waals surface area contributed by atoms with E-state index in [0.29, 0.717) is 4.88 Å². The second-order valence-electron chi connectivity index (χ2n) is 5.43. The molecular formula is C19H18N2O2S. The molecule has 0 aliphatic carbocycles. The van der Waals surface area contributed by atoms with Crippen LogP contribution in [0.3, 0.4) is 0 Å². The number of nitrogens with zero attached hydrogens (tertiary/aromatic N) is 1. The number of anilines is 1. The summed E-state index contributed by atoms with van der Waals surface area (Å²) in [6.07, 6.45) is 0. The minimum atomic E-state index is -0.126. The topological polar surface area (TPSA) is 51.2 Å². The van der Waals surface area contributed by atoms with Gasteiger partial charge in [0.1, 0.15) is 15.6 Å². The van der Waals surface area contributed by atoms with Crippen LogP contribution < -0.4 is 10.1 Å². The Labute approximate surface area is 145 Å². The summed E-state index contributed by atoms with van der Waals surface area (Å²) in [6, 6.07) is 15.4. The van der Waals surface area contributed by atoms with Gasteiger partial charge in [-0.3, -0.25) is 4.79 Å². The second kappa shape index (κ2) is 6.84. The largest absolute Gasteiger partial charge is 0.497 e. The van der Waals surface area contributed by atoms with Gasteiger partial charge in [-0.2, -0.15) is 0 Å². The maximum absolute atomic E-state index is 12.6.